The topological polar surface area (TPSA) is 76.2 Å². The Bertz CT molecular complexity index is 1080. The van der Waals surface area contributed by atoms with E-state index < -0.39 is 12.2 Å². The lowest BCUT2D eigenvalue weighted by molar-refractivity contribution is -0.187. The Morgan fingerprint density at radius 1 is 1.08 bits per heavy atom. The monoisotopic (exact) mass is 525 g/mol. The van der Waals surface area contributed by atoms with E-state index in [1.165, 1.54) is 12.1 Å². The van der Waals surface area contributed by atoms with Crippen LogP contribution in [0.25, 0.3) is 0 Å². The van der Waals surface area contributed by atoms with Crippen LogP contribution in [0.3, 0.4) is 0 Å². The van der Waals surface area contributed by atoms with Crippen molar-refractivity contribution in [3.63, 3.8) is 0 Å². The number of nitrogens with zero attached hydrogens (tertiary/aromatic N) is 4. The third-order valence-electron chi connectivity index (χ3n) is 6.93. The van der Waals surface area contributed by atoms with Gasteiger partial charge < -0.3 is 15.1 Å². The number of benzene rings is 2. The molecule has 9 heteroatoms. The summed E-state index contributed by atoms with van der Waals surface area (Å²) in [7, 11) is 1.70. The minimum Gasteiger partial charge on any atom is -0.336 e. The molecular formula is C29H40FN5O3. The van der Waals surface area contributed by atoms with Gasteiger partial charge in [-0.15, -0.1) is 0 Å². The van der Waals surface area contributed by atoms with Crippen molar-refractivity contribution in [3.8, 4) is 0 Å². The average molecular weight is 526 g/mol. The summed E-state index contributed by atoms with van der Waals surface area (Å²) in [6, 6.07) is 15.0. The number of piperazine rings is 1. The Morgan fingerprint density at radius 2 is 1.74 bits per heavy atom. The third-order valence-corrected chi connectivity index (χ3v) is 6.93. The molecule has 1 N–H and O–H groups in total. The molecule has 2 aliphatic rings. The zero-order valence-electron chi connectivity index (χ0n) is 23.1. The summed E-state index contributed by atoms with van der Waals surface area (Å²) in [5, 5.41) is 6.04. The van der Waals surface area contributed by atoms with Gasteiger partial charge in [-0.3, -0.25) is 9.59 Å². The minimum absolute atomic E-state index is 0.00831. The number of hydrazine groups is 1. The molecule has 2 saturated heterocycles. The van der Waals surface area contributed by atoms with Crippen LogP contribution in [0.15, 0.2) is 54.6 Å². The fourth-order valence-electron chi connectivity index (χ4n) is 5.10. The summed E-state index contributed by atoms with van der Waals surface area (Å²) in [4.78, 5) is 43.4. The highest BCUT2D eigenvalue weighted by Gasteiger charge is 2.50. The summed E-state index contributed by atoms with van der Waals surface area (Å²) in [6.45, 7) is 9.02. The van der Waals surface area contributed by atoms with Crippen LogP contribution in [-0.2, 0) is 16.1 Å². The molecule has 0 bridgehead atoms. The molecule has 0 aromatic heterocycles. The van der Waals surface area contributed by atoms with Crippen molar-refractivity contribution in [2.24, 2.45) is 0 Å². The normalized spacial score (nSPS) is 20.4. The lowest BCUT2D eigenvalue weighted by Gasteiger charge is -2.54. The number of nitrogens with one attached hydrogen (secondary N) is 1. The molecule has 2 aliphatic heterocycles. The molecule has 3 atom stereocenters. The number of hydrogen-bond donors (Lipinski definition) is 1. The quantitative estimate of drug-likeness (QED) is 0.588. The van der Waals surface area contributed by atoms with Crippen molar-refractivity contribution in [1.29, 1.82) is 0 Å². The Labute approximate surface area is 225 Å². The predicted octanol–water partition coefficient (Wildman–Crippen LogP) is 4.19. The van der Waals surface area contributed by atoms with Crippen LogP contribution >= 0.6 is 0 Å². The SMILES string of the molecule is CC.CCC[C@H]1C(=O)N(CC(C)c2ccccc2)CC2N1C(=O)CN(C)N2C(=O)NCc1ccc(F)cc1. The summed E-state index contributed by atoms with van der Waals surface area (Å²) < 4.78 is 13.2. The Kier molecular flexibility index (Phi) is 10.2. The fraction of sp³-hybridized carbons (Fsp3) is 0.483. The van der Waals surface area contributed by atoms with Crippen LogP contribution in [0.4, 0.5) is 9.18 Å². The van der Waals surface area contributed by atoms with Gasteiger partial charge in [-0.1, -0.05) is 76.6 Å². The molecule has 206 valence electrons. The molecule has 2 aromatic rings. The summed E-state index contributed by atoms with van der Waals surface area (Å²) in [6.07, 6.45) is 0.662. The lowest BCUT2D eigenvalue weighted by Crippen LogP contribution is -2.76. The summed E-state index contributed by atoms with van der Waals surface area (Å²) >= 11 is 0. The summed E-state index contributed by atoms with van der Waals surface area (Å²) in [5.74, 6) is -0.469. The number of urea groups is 1. The van der Waals surface area contributed by atoms with Crippen molar-refractivity contribution in [1.82, 2.24) is 25.1 Å². The molecule has 0 spiro atoms. The van der Waals surface area contributed by atoms with E-state index in [-0.39, 0.29) is 49.2 Å². The number of rotatable bonds is 7. The Balaban J connectivity index is 0.00000195. The highest BCUT2D eigenvalue weighted by molar-refractivity contribution is 5.91. The van der Waals surface area contributed by atoms with Gasteiger partial charge in [-0.25, -0.2) is 19.2 Å². The molecule has 2 fully saturated rings. The fourth-order valence-corrected chi connectivity index (χ4v) is 5.10. The first-order valence-corrected chi connectivity index (χ1v) is 13.5. The average Bonchev–Trinajstić information content (AvgIpc) is 2.92. The largest absolute Gasteiger partial charge is 0.336 e. The first-order valence-electron chi connectivity index (χ1n) is 13.5. The van der Waals surface area contributed by atoms with E-state index in [4.69, 9.17) is 0 Å². The molecule has 38 heavy (non-hydrogen) atoms. The van der Waals surface area contributed by atoms with Gasteiger partial charge in [0.25, 0.3) is 0 Å². The van der Waals surface area contributed by atoms with Gasteiger partial charge in [0.1, 0.15) is 18.0 Å². The third kappa shape index (κ3) is 6.51. The van der Waals surface area contributed by atoms with Gasteiger partial charge in [0.2, 0.25) is 11.8 Å². The number of amides is 4. The maximum Gasteiger partial charge on any atom is 0.334 e. The number of hydrogen-bond acceptors (Lipinski definition) is 4. The Hall–Kier alpha value is -3.46. The predicted molar refractivity (Wildman–Crippen MR) is 145 cm³/mol. The van der Waals surface area contributed by atoms with Gasteiger partial charge in [0, 0.05) is 20.1 Å². The zero-order chi connectivity index (χ0) is 27.8. The molecule has 2 aromatic carbocycles. The second kappa shape index (κ2) is 13.4. The zero-order valence-corrected chi connectivity index (χ0v) is 23.1. The van der Waals surface area contributed by atoms with Gasteiger partial charge in [0.15, 0.2) is 0 Å². The first-order chi connectivity index (χ1) is 18.3. The van der Waals surface area contributed by atoms with Gasteiger partial charge in [-0.2, -0.15) is 0 Å². The van der Waals surface area contributed by atoms with Crippen molar-refractivity contribution in [2.75, 3.05) is 26.7 Å². The maximum atomic E-state index is 13.5. The molecule has 4 rings (SSSR count). The van der Waals surface area contributed by atoms with E-state index in [1.54, 1.807) is 39.0 Å². The molecule has 8 nitrogen and oxygen atoms in total. The first kappa shape index (κ1) is 29.1. The lowest BCUT2D eigenvalue weighted by atomic mass is 9.97. The number of carbonyl (C=O) groups is 3. The smallest absolute Gasteiger partial charge is 0.334 e. The van der Waals surface area contributed by atoms with E-state index in [0.717, 1.165) is 17.5 Å². The van der Waals surface area contributed by atoms with Crippen molar-refractivity contribution in [2.45, 2.75) is 65.2 Å². The standard InChI is InChI=1S/C27H34FN5O3.C2H6/c1-4-8-23-26(35)31(16-19(2)21-9-6-5-7-10-21)17-24-32(23)25(34)18-30(3)33(24)27(36)29-15-20-11-13-22(28)14-12-20;1-2/h5-7,9-14,19,23-24H,4,8,15-18H2,1-3H3,(H,29,36);1-2H3/t19?,23-,24?;/m0./s1. The Morgan fingerprint density at radius 3 is 2.37 bits per heavy atom. The second-order valence-corrected chi connectivity index (χ2v) is 9.59. The van der Waals surface area contributed by atoms with Crippen LogP contribution in [0.2, 0.25) is 0 Å². The highest BCUT2D eigenvalue weighted by Crippen LogP contribution is 2.29. The molecule has 0 radical (unpaired) electrons. The van der Waals surface area contributed by atoms with Gasteiger partial charge >= 0.3 is 6.03 Å². The van der Waals surface area contributed by atoms with Crippen molar-refractivity contribution < 1.29 is 18.8 Å². The van der Waals surface area contributed by atoms with Crippen LogP contribution in [0.5, 0.6) is 0 Å². The molecule has 4 amide bonds. The molecule has 2 unspecified atom stereocenters. The molecular weight excluding hydrogens is 485 g/mol. The van der Waals surface area contributed by atoms with Gasteiger partial charge in [-0.05, 0) is 35.6 Å². The van der Waals surface area contributed by atoms with Gasteiger partial charge in [0.05, 0.1) is 13.1 Å². The van der Waals surface area contributed by atoms with Crippen LogP contribution in [0, 0.1) is 5.82 Å². The van der Waals surface area contributed by atoms with Crippen molar-refractivity contribution in [3.05, 3.63) is 71.5 Å². The second-order valence-electron chi connectivity index (χ2n) is 9.59. The van der Waals surface area contributed by atoms with E-state index in [2.05, 4.69) is 12.2 Å². The van der Waals surface area contributed by atoms with Crippen LogP contribution in [-0.4, -0.2) is 76.6 Å². The van der Waals surface area contributed by atoms with E-state index >= 15 is 0 Å². The molecule has 2 heterocycles. The number of fused-ring (bicyclic) bond motifs is 1. The van der Waals surface area contributed by atoms with Crippen LogP contribution < -0.4 is 5.32 Å². The molecule has 0 aliphatic carbocycles. The van der Waals surface area contributed by atoms with E-state index in [1.807, 2.05) is 51.1 Å². The van der Waals surface area contributed by atoms with E-state index in [9.17, 15) is 18.8 Å². The van der Waals surface area contributed by atoms with Crippen molar-refractivity contribution >= 4 is 17.8 Å². The minimum atomic E-state index is -0.610. The number of halogens is 1. The van der Waals surface area contributed by atoms with Crippen LogP contribution in [0.1, 0.15) is 57.6 Å². The maximum absolute atomic E-state index is 13.5. The number of carbonyl (C=O) groups excluding carboxylic acids is 3. The summed E-state index contributed by atoms with van der Waals surface area (Å²) in [5.41, 5.74) is 1.89. The highest BCUT2D eigenvalue weighted by atomic mass is 19.1. The number of likely N-dealkylation sites (N-methyl/N-ethyl adjacent to an activating group) is 1. The van der Waals surface area contributed by atoms with E-state index in [0.29, 0.717) is 13.0 Å². The molecule has 0 saturated carbocycles.